The Morgan fingerprint density at radius 3 is 1.36 bits per heavy atom. The molecular weight excluding hydrogens is 607 g/mol. The Bertz CT molecular complexity index is 2540. The lowest BCUT2D eigenvalue weighted by Crippen LogP contribution is -2.01. The Kier molecular flexibility index (Phi) is 7.49. The number of fused-ring (bicyclic) bond motifs is 2. The predicted molar refractivity (Wildman–Crippen MR) is 207 cm³/mol. The van der Waals surface area contributed by atoms with Gasteiger partial charge >= 0.3 is 0 Å². The highest BCUT2D eigenvalue weighted by atomic mass is 15.0. The smallest absolute Gasteiger partial charge is 0.164 e. The van der Waals surface area contributed by atoms with Crippen LogP contribution in [0.5, 0.6) is 0 Å². The van der Waals surface area contributed by atoms with Crippen LogP contribution in [0, 0.1) is 0 Å². The summed E-state index contributed by atoms with van der Waals surface area (Å²) in [5, 5.41) is 4.51. The van der Waals surface area contributed by atoms with E-state index in [1.807, 2.05) is 0 Å². The molecular formula is C47H31N3. The lowest BCUT2D eigenvalue weighted by molar-refractivity contribution is 1.08. The second kappa shape index (κ2) is 12.7. The molecule has 0 aliphatic carbocycles. The summed E-state index contributed by atoms with van der Waals surface area (Å²) in [5.41, 5.74) is 9.85. The quantitative estimate of drug-likeness (QED) is 0.182. The third-order valence-electron chi connectivity index (χ3n) is 9.34. The Labute approximate surface area is 291 Å². The van der Waals surface area contributed by atoms with Crippen molar-refractivity contribution >= 4 is 21.5 Å². The van der Waals surface area contributed by atoms with E-state index in [4.69, 9.17) is 15.0 Å². The molecule has 0 saturated carbocycles. The number of rotatable bonds is 6. The lowest BCUT2D eigenvalue weighted by Gasteiger charge is -2.15. The highest BCUT2D eigenvalue weighted by Crippen LogP contribution is 2.38. The molecule has 0 saturated heterocycles. The van der Waals surface area contributed by atoms with Crippen molar-refractivity contribution in [2.24, 2.45) is 0 Å². The summed E-state index contributed by atoms with van der Waals surface area (Å²) < 4.78 is 0. The third kappa shape index (κ3) is 5.51. The molecule has 0 atom stereocenters. The SMILES string of the molecule is c1ccc(-c2ccc(-c3cccc(-c4nc(-c5cccc6ccccc56)nc(-c5cccc6ccccc56)n4)c3)c(-c3ccccc3)c2)cc1. The normalized spacial score (nSPS) is 11.2. The molecule has 234 valence electrons. The van der Waals surface area contributed by atoms with Crippen molar-refractivity contribution in [1.82, 2.24) is 15.0 Å². The maximum Gasteiger partial charge on any atom is 0.164 e. The fourth-order valence-electron chi connectivity index (χ4n) is 6.88. The Balaban J connectivity index is 1.24. The van der Waals surface area contributed by atoms with Crippen LogP contribution in [0.15, 0.2) is 188 Å². The first-order valence-corrected chi connectivity index (χ1v) is 16.9. The summed E-state index contributed by atoms with van der Waals surface area (Å²) in [4.78, 5) is 15.5. The standard InChI is InChI=1S/C47H31N3/c1-3-14-32(15-4-1)36-28-29-41(44(31-36)35-16-5-2-6-17-35)37-22-11-23-38(30-37)45-48-46(42-26-12-20-33-18-7-9-24-39(33)42)50-47(49-45)43-27-13-21-34-19-8-10-25-40(34)43/h1-31H. The molecule has 1 aromatic heterocycles. The molecule has 9 rings (SSSR count). The van der Waals surface area contributed by atoms with Gasteiger partial charge in [-0.2, -0.15) is 0 Å². The Hall–Kier alpha value is -6.71. The number of hydrogen-bond acceptors (Lipinski definition) is 3. The van der Waals surface area contributed by atoms with Crippen molar-refractivity contribution < 1.29 is 0 Å². The summed E-state index contributed by atoms with van der Waals surface area (Å²) in [7, 11) is 0. The van der Waals surface area contributed by atoms with Gasteiger partial charge in [-0.15, -0.1) is 0 Å². The van der Waals surface area contributed by atoms with Gasteiger partial charge < -0.3 is 0 Å². The summed E-state index contributed by atoms with van der Waals surface area (Å²) in [6.07, 6.45) is 0. The lowest BCUT2D eigenvalue weighted by atomic mass is 9.90. The van der Waals surface area contributed by atoms with E-state index in [1.54, 1.807) is 0 Å². The Morgan fingerprint density at radius 1 is 0.240 bits per heavy atom. The molecule has 9 aromatic rings. The van der Waals surface area contributed by atoms with E-state index in [1.165, 1.54) is 22.3 Å². The molecule has 0 spiro atoms. The van der Waals surface area contributed by atoms with Gasteiger partial charge in [0.1, 0.15) is 0 Å². The minimum absolute atomic E-state index is 0.634. The van der Waals surface area contributed by atoms with Crippen molar-refractivity contribution in [3.8, 4) is 67.5 Å². The van der Waals surface area contributed by atoms with E-state index in [0.717, 1.165) is 49.4 Å². The van der Waals surface area contributed by atoms with Crippen LogP contribution < -0.4 is 0 Å². The number of hydrogen-bond donors (Lipinski definition) is 0. The molecule has 1 heterocycles. The number of aromatic nitrogens is 3. The molecule has 0 aliphatic rings. The average Bonchev–Trinajstić information content (AvgIpc) is 3.20. The van der Waals surface area contributed by atoms with Crippen LogP contribution in [-0.2, 0) is 0 Å². The molecule has 0 amide bonds. The number of benzene rings is 8. The minimum Gasteiger partial charge on any atom is -0.208 e. The van der Waals surface area contributed by atoms with E-state index in [2.05, 4.69) is 188 Å². The average molecular weight is 638 g/mol. The monoisotopic (exact) mass is 637 g/mol. The van der Waals surface area contributed by atoms with Crippen LogP contribution in [0.25, 0.3) is 89.1 Å². The summed E-state index contributed by atoms with van der Waals surface area (Å²) in [6, 6.07) is 65.9. The van der Waals surface area contributed by atoms with E-state index in [9.17, 15) is 0 Å². The zero-order chi connectivity index (χ0) is 33.3. The maximum absolute atomic E-state index is 5.18. The largest absolute Gasteiger partial charge is 0.208 e. The fraction of sp³-hybridized carbons (Fsp3) is 0. The zero-order valence-electron chi connectivity index (χ0n) is 27.2. The van der Waals surface area contributed by atoms with Gasteiger partial charge in [-0.05, 0) is 67.1 Å². The first kappa shape index (κ1) is 29.4. The molecule has 0 unspecified atom stereocenters. The predicted octanol–water partition coefficient (Wildman–Crippen LogP) is 12.2. The van der Waals surface area contributed by atoms with Gasteiger partial charge in [-0.1, -0.05) is 176 Å². The van der Waals surface area contributed by atoms with Crippen molar-refractivity contribution in [2.45, 2.75) is 0 Å². The van der Waals surface area contributed by atoms with Gasteiger partial charge in [0, 0.05) is 16.7 Å². The summed E-state index contributed by atoms with van der Waals surface area (Å²) >= 11 is 0. The molecule has 0 aliphatic heterocycles. The first-order valence-electron chi connectivity index (χ1n) is 16.9. The van der Waals surface area contributed by atoms with E-state index >= 15 is 0 Å². The first-order chi connectivity index (χ1) is 24.8. The molecule has 8 aromatic carbocycles. The van der Waals surface area contributed by atoms with Crippen LogP contribution in [0.3, 0.4) is 0 Å². The van der Waals surface area contributed by atoms with Gasteiger partial charge in [0.15, 0.2) is 17.5 Å². The van der Waals surface area contributed by atoms with Crippen molar-refractivity contribution in [1.29, 1.82) is 0 Å². The Morgan fingerprint density at radius 2 is 0.720 bits per heavy atom. The number of nitrogens with zero attached hydrogens (tertiary/aromatic N) is 3. The molecule has 0 bridgehead atoms. The van der Waals surface area contributed by atoms with Crippen LogP contribution in [0.4, 0.5) is 0 Å². The van der Waals surface area contributed by atoms with E-state index in [0.29, 0.717) is 17.5 Å². The molecule has 0 fully saturated rings. The van der Waals surface area contributed by atoms with Crippen LogP contribution in [-0.4, -0.2) is 15.0 Å². The van der Waals surface area contributed by atoms with Crippen molar-refractivity contribution in [3.63, 3.8) is 0 Å². The van der Waals surface area contributed by atoms with Gasteiger partial charge in [0.2, 0.25) is 0 Å². The zero-order valence-corrected chi connectivity index (χ0v) is 27.2. The van der Waals surface area contributed by atoms with E-state index in [-0.39, 0.29) is 0 Å². The molecule has 0 radical (unpaired) electrons. The van der Waals surface area contributed by atoms with E-state index < -0.39 is 0 Å². The fourth-order valence-corrected chi connectivity index (χ4v) is 6.88. The van der Waals surface area contributed by atoms with Gasteiger partial charge in [0.25, 0.3) is 0 Å². The second-order valence-corrected chi connectivity index (χ2v) is 12.4. The molecule has 3 heteroatoms. The van der Waals surface area contributed by atoms with Crippen molar-refractivity contribution in [2.75, 3.05) is 0 Å². The third-order valence-corrected chi connectivity index (χ3v) is 9.34. The maximum atomic E-state index is 5.18. The summed E-state index contributed by atoms with van der Waals surface area (Å²) in [6.45, 7) is 0. The highest BCUT2D eigenvalue weighted by molar-refractivity contribution is 5.97. The van der Waals surface area contributed by atoms with Crippen molar-refractivity contribution in [3.05, 3.63) is 188 Å². The minimum atomic E-state index is 0.634. The van der Waals surface area contributed by atoms with Crippen LogP contribution in [0.2, 0.25) is 0 Å². The van der Waals surface area contributed by atoms with Gasteiger partial charge in [0.05, 0.1) is 0 Å². The second-order valence-electron chi connectivity index (χ2n) is 12.4. The van der Waals surface area contributed by atoms with Crippen LogP contribution >= 0.6 is 0 Å². The summed E-state index contributed by atoms with van der Waals surface area (Å²) in [5.74, 6) is 1.93. The van der Waals surface area contributed by atoms with Gasteiger partial charge in [-0.3, -0.25) is 0 Å². The van der Waals surface area contributed by atoms with Crippen LogP contribution in [0.1, 0.15) is 0 Å². The molecule has 0 N–H and O–H groups in total. The topological polar surface area (TPSA) is 38.7 Å². The molecule has 50 heavy (non-hydrogen) atoms. The molecule has 3 nitrogen and oxygen atoms in total. The van der Waals surface area contributed by atoms with Gasteiger partial charge in [-0.25, -0.2) is 15.0 Å². The highest BCUT2D eigenvalue weighted by Gasteiger charge is 2.17.